The summed E-state index contributed by atoms with van der Waals surface area (Å²) in [5.41, 5.74) is 0. The molecule has 23 heavy (non-hydrogen) atoms. The average molecular weight is 339 g/mol. The van der Waals surface area contributed by atoms with Crippen LogP contribution in [0.3, 0.4) is 0 Å². The number of hydrogen-bond acceptors (Lipinski definition) is 5. The van der Waals surface area contributed by atoms with Crippen molar-refractivity contribution >= 4 is 5.91 Å². The zero-order valence-corrected chi connectivity index (χ0v) is 13.1. The lowest BCUT2D eigenvalue weighted by Gasteiger charge is -2.32. The fourth-order valence-electron chi connectivity index (χ4n) is 3.08. The summed E-state index contributed by atoms with van der Waals surface area (Å²) >= 11 is 0. The van der Waals surface area contributed by atoms with Gasteiger partial charge in [-0.2, -0.15) is 13.2 Å². The Morgan fingerprint density at radius 2 is 1.91 bits per heavy atom. The van der Waals surface area contributed by atoms with Crippen LogP contribution < -0.4 is 0 Å². The van der Waals surface area contributed by atoms with Crippen LogP contribution in [0.5, 0.6) is 0 Å². The second-order valence-electron chi connectivity index (χ2n) is 5.89. The molecule has 9 heteroatoms. The molecule has 6 nitrogen and oxygen atoms in total. The number of carbonyl (C=O) groups is 1. The first kappa shape index (κ1) is 18.4. The van der Waals surface area contributed by atoms with Gasteiger partial charge in [0, 0.05) is 39.3 Å². The monoisotopic (exact) mass is 339 g/mol. The van der Waals surface area contributed by atoms with Crippen LogP contribution in [0.25, 0.3) is 0 Å². The number of carbonyl (C=O) groups excluding carboxylic acids is 1. The number of nitrogens with zero attached hydrogens (tertiary/aromatic N) is 3. The summed E-state index contributed by atoms with van der Waals surface area (Å²) in [6.45, 7) is 3.32. The molecule has 1 N–H and O–H groups in total. The van der Waals surface area contributed by atoms with E-state index in [4.69, 9.17) is 4.74 Å². The molecule has 0 aromatic heterocycles. The van der Waals surface area contributed by atoms with Crippen molar-refractivity contribution in [2.24, 2.45) is 0 Å². The Labute approximate surface area is 133 Å². The molecule has 2 heterocycles. The van der Waals surface area contributed by atoms with E-state index in [1.807, 2.05) is 0 Å². The summed E-state index contributed by atoms with van der Waals surface area (Å²) in [5, 5.41) is 9.19. The van der Waals surface area contributed by atoms with E-state index < -0.39 is 24.7 Å². The zero-order valence-electron chi connectivity index (χ0n) is 13.1. The number of amides is 1. The molecule has 2 fully saturated rings. The highest BCUT2D eigenvalue weighted by atomic mass is 19.4. The number of likely N-dealkylation sites (tertiary alicyclic amines) is 1. The van der Waals surface area contributed by atoms with Gasteiger partial charge in [-0.25, -0.2) is 0 Å². The smallest absolute Gasteiger partial charge is 0.395 e. The Balaban J connectivity index is 1.88. The van der Waals surface area contributed by atoms with E-state index in [-0.39, 0.29) is 13.2 Å². The molecule has 2 aliphatic rings. The van der Waals surface area contributed by atoms with Gasteiger partial charge in [0.2, 0.25) is 5.91 Å². The molecule has 2 saturated heterocycles. The number of hydrogen-bond donors (Lipinski definition) is 1. The van der Waals surface area contributed by atoms with Crippen molar-refractivity contribution in [3.63, 3.8) is 0 Å². The third kappa shape index (κ3) is 5.59. The van der Waals surface area contributed by atoms with Crippen molar-refractivity contribution in [1.29, 1.82) is 0 Å². The van der Waals surface area contributed by atoms with Gasteiger partial charge >= 0.3 is 6.18 Å². The lowest BCUT2D eigenvalue weighted by atomic mass is 10.2. The molecule has 0 radical (unpaired) electrons. The van der Waals surface area contributed by atoms with E-state index in [1.54, 1.807) is 4.90 Å². The third-order valence-corrected chi connectivity index (χ3v) is 4.27. The normalized spacial score (nSPS) is 24.0. The van der Waals surface area contributed by atoms with E-state index in [2.05, 4.69) is 4.90 Å². The highest BCUT2D eigenvalue weighted by molar-refractivity contribution is 5.84. The lowest BCUT2D eigenvalue weighted by Crippen LogP contribution is -2.48. The molecule has 0 bridgehead atoms. The first-order chi connectivity index (χ1) is 10.9. The number of alkyl halides is 3. The number of aliphatic hydroxyl groups is 1. The average Bonchev–Trinajstić information content (AvgIpc) is 2.84. The van der Waals surface area contributed by atoms with E-state index in [0.29, 0.717) is 39.3 Å². The molecule has 0 saturated carbocycles. The molecular weight excluding hydrogens is 315 g/mol. The van der Waals surface area contributed by atoms with Gasteiger partial charge in [-0.15, -0.1) is 0 Å². The highest BCUT2D eigenvalue weighted by Gasteiger charge is 2.41. The topological polar surface area (TPSA) is 56.3 Å². The van der Waals surface area contributed by atoms with Crippen LogP contribution in [0.4, 0.5) is 13.2 Å². The van der Waals surface area contributed by atoms with E-state index in [0.717, 1.165) is 18.0 Å². The first-order valence-electron chi connectivity index (χ1n) is 7.91. The number of rotatable bonds is 7. The van der Waals surface area contributed by atoms with Crippen molar-refractivity contribution < 1.29 is 27.8 Å². The predicted octanol–water partition coefficient (Wildman–Crippen LogP) is -0.224. The minimum absolute atomic E-state index is 0.114. The first-order valence-corrected chi connectivity index (χ1v) is 7.91. The molecule has 2 aliphatic heterocycles. The second-order valence-corrected chi connectivity index (χ2v) is 5.89. The van der Waals surface area contributed by atoms with Crippen LogP contribution in [-0.4, -0.2) is 104 Å². The Bertz CT molecular complexity index is 389. The highest BCUT2D eigenvalue weighted by Crippen LogP contribution is 2.23. The fraction of sp³-hybridized carbons (Fsp3) is 0.929. The van der Waals surface area contributed by atoms with Crippen molar-refractivity contribution in [3.05, 3.63) is 0 Å². The van der Waals surface area contributed by atoms with Gasteiger partial charge in [-0.3, -0.25) is 14.6 Å². The van der Waals surface area contributed by atoms with Crippen LogP contribution >= 0.6 is 0 Å². The molecule has 1 unspecified atom stereocenters. The Morgan fingerprint density at radius 3 is 2.52 bits per heavy atom. The van der Waals surface area contributed by atoms with Crippen molar-refractivity contribution in [3.8, 4) is 0 Å². The molecule has 1 atom stereocenters. The Hall–Kier alpha value is -0.900. The summed E-state index contributed by atoms with van der Waals surface area (Å²) in [6, 6.07) is -0.564. The summed E-state index contributed by atoms with van der Waals surface area (Å²) in [5.74, 6) is -0.488. The quantitative estimate of drug-likeness (QED) is 0.695. The Morgan fingerprint density at radius 1 is 1.22 bits per heavy atom. The lowest BCUT2D eigenvalue weighted by molar-refractivity contribution is -0.159. The SMILES string of the molecule is O=C1C(N(CCO)CCN2CCOCC2)CCN1CC(F)(F)F. The van der Waals surface area contributed by atoms with Gasteiger partial charge in [0.05, 0.1) is 25.9 Å². The maximum Gasteiger partial charge on any atom is 0.406 e. The number of ether oxygens (including phenoxy) is 1. The third-order valence-electron chi connectivity index (χ3n) is 4.27. The molecule has 0 spiro atoms. The van der Waals surface area contributed by atoms with E-state index in [9.17, 15) is 23.1 Å². The van der Waals surface area contributed by atoms with Crippen molar-refractivity contribution in [2.75, 3.05) is 65.6 Å². The fourth-order valence-corrected chi connectivity index (χ4v) is 3.08. The summed E-state index contributed by atoms with van der Waals surface area (Å²) in [6.07, 6.45) is -4.00. The van der Waals surface area contributed by atoms with Crippen LogP contribution in [0.15, 0.2) is 0 Å². The number of morpholine rings is 1. The molecule has 0 aliphatic carbocycles. The molecule has 134 valence electrons. The molecule has 2 rings (SSSR count). The molecule has 1 amide bonds. The maximum absolute atomic E-state index is 12.5. The maximum atomic E-state index is 12.5. The van der Waals surface area contributed by atoms with E-state index in [1.165, 1.54) is 0 Å². The van der Waals surface area contributed by atoms with Gasteiger partial charge in [-0.1, -0.05) is 0 Å². The summed E-state index contributed by atoms with van der Waals surface area (Å²) in [7, 11) is 0. The minimum Gasteiger partial charge on any atom is -0.395 e. The molecule has 0 aromatic carbocycles. The largest absolute Gasteiger partial charge is 0.406 e. The molecule has 0 aromatic rings. The zero-order chi connectivity index (χ0) is 16.9. The second kappa shape index (κ2) is 8.27. The van der Waals surface area contributed by atoms with Crippen molar-refractivity contribution in [1.82, 2.24) is 14.7 Å². The van der Waals surface area contributed by atoms with Gasteiger partial charge in [-0.05, 0) is 6.42 Å². The van der Waals surface area contributed by atoms with Crippen molar-refractivity contribution in [2.45, 2.75) is 18.6 Å². The van der Waals surface area contributed by atoms with Gasteiger partial charge in [0.25, 0.3) is 0 Å². The van der Waals surface area contributed by atoms with Crippen LogP contribution in [0, 0.1) is 0 Å². The number of halogens is 3. The summed E-state index contributed by atoms with van der Waals surface area (Å²) in [4.78, 5) is 17.1. The van der Waals surface area contributed by atoms with Gasteiger partial charge < -0.3 is 14.7 Å². The summed E-state index contributed by atoms with van der Waals surface area (Å²) < 4.78 is 42.7. The standard InChI is InChI=1S/C14H24F3N3O3/c15-14(16,17)11-20-2-1-12(13(20)22)19(5-8-21)4-3-18-6-9-23-10-7-18/h12,21H,1-11H2. The van der Waals surface area contributed by atoms with Crippen LogP contribution in [0.1, 0.15) is 6.42 Å². The Kier molecular flexibility index (Phi) is 6.63. The number of aliphatic hydroxyl groups excluding tert-OH is 1. The van der Waals surface area contributed by atoms with Crippen LogP contribution in [-0.2, 0) is 9.53 Å². The van der Waals surface area contributed by atoms with Gasteiger partial charge in [0.1, 0.15) is 6.54 Å². The molecular formula is C14H24F3N3O3. The van der Waals surface area contributed by atoms with Crippen LogP contribution in [0.2, 0.25) is 0 Å². The van der Waals surface area contributed by atoms with E-state index >= 15 is 0 Å². The van der Waals surface area contributed by atoms with Gasteiger partial charge in [0.15, 0.2) is 0 Å². The minimum atomic E-state index is -4.37. The predicted molar refractivity (Wildman–Crippen MR) is 77.0 cm³/mol.